The van der Waals surface area contributed by atoms with Crippen molar-refractivity contribution in [2.45, 2.75) is 19.0 Å². The fraction of sp³-hybridized carbons (Fsp3) is 0.350. The summed E-state index contributed by atoms with van der Waals surface area (Å²) in [5.41, 5.74) is 2.08. The molecule has 1 aliphatic heterocycles. The van der Waals surface area contributed by atoms with Gasteiger partial charge in [0, 0.05) is 37.7 Å². The highest BCUT2D eigenvalue weighted by Crippen LogP contribution is 2.33. The van der Waals surface area contributed by atoms with E-state index in [0.29, 0.717) is 11.6 Å². The lowest BCUT2D eigenvalue weighted by molar-refractivity contribution is 0.203. The summed E-state index contributed by atoms with van der Waals surface area (Å²) in [5.74, 6) is 0.794. The summed E-state index contributed by atoms with van der Waals surface area (Å²) in [7, 11) is 3.47. The lowest BCUT2D eigenvalue weighted by Gasteiger charge is -2.23. The van der Waals surface area contributed by atoms with Crippen molar-refractivity contribution in [2.75, 3.05) is 32.1 Å². The molecule has 2 amide bonds. The van der Waals surface area contributed by atoms with Crippen LogP contribution < -0.4 is 15.0 Å². The van der Waals surface area contributed by atoms with Crippen molar-refractivity contribution in [3.63, 3.8) is 0 Å². The molecule has 1 unspecified atom stereocenters. The standard InChI is InChI=1S/C20H24ClN3O2/c1-23(13-15-6-4-3-5-7-15)20(25)22-17-10-11-24(14-17)18-12-16(21)8-9-19(18)26-2/h3-9,12,17H,10-11,13-14H2,1-2H3,(H,22,25). The Morgan fingerprint density at radius 1 is 1.31 bits per heavy atom. The molecule has 1 atom stereocenters. The van der Waals surface area contributed by atoms with Crippen molar-refractivity contribution in [1.29, 1.82) is 0 Å². The van der Waals surface area contributed by atoms with Gasteiger partial charge in [-0.1, -0.05) is 41.9 Å². The molecule has 0 aromatic heterocycles. The number of carbonyl (C=O) groups is 1. The maximum Gasteiger partial charge on any atom is 0.317 e. The van der Waals surface area contributed by atoms with Crippen LogP contribution in [-0.2, 0) is 6.54 Å². The van der Waals surface area contributed by atoms with E-state index in [4.69, 9.17) is 16.3 Å². The van der Waals surface area contributed by atoms with Gasteiger partial charge in [0.1, 0.15) is 5.75 Å². The lowest BCUT2D eigenvalue weighted by Crippen LogP contribution is -2.44. The minimum Gasteiger partial charge on any atom is -0.495 e. The first-order chi connectivity index (χ1) is 12.6. The molecule has 0 saturated carbocycles. The van der Waals surface area contributed by atoms with Crippen LogP contribution in [0, 0.1) is 0 Å². The first-order valence-electron chi connectivity index (χ1n) is 8.71. The van der Waals surface area contributed by atoms with E-state index in [2.05, 4.69) is 10.2 Å². The minimum atomic E-state index is -0.0567. The van der Waals surface area contributed by atoms with Crippen molar-refractivity contribution >= 4 is 23.3 Å². The third-order valence-corrected chi connectivity index (χ3v) is 4.84. The molecule has 3 rings (SSSR count). The van der Waals surface area contributed by atoms with Crippen molar-refractivity contribution in [3.8, 4) is 5.75 Å². The molecule has 6 heteroatoms. The molecule has 0 spiro atoms. The Morgan fingerprint density at radius 2 is 2.08 bits per heavy atom. The van der Waals surface area contributed by atoms with Gasteiger partial charge in [-0.2, -0.15) is 0 Å². The summed E-state index contributed by atoms with van der Waals surface area (Å²) < 4.78 is 5.44. The first kappa shape index (κ1) is 18.4. The molecule has 26 heavy (non-hydrogen) atoms. The molecule has 0 radical (unpaired) electrons. The number of anilines is 1. The van der Waals surface area contributed by atoms with Crippen molar-refractivity contribution in [1.82, 2.24) is 10.2 Å². The van der Waals surface area contributed by atoms with Crippen LogP contribution in [0.15, 0.2) is 48.5 Å². The van der Waals surface area contributed by atoms with Gasteiger partial charge in [-0.05, 0) is 30.2 Å². The Hall–Kier alpha value is -2.40. The third kappa shape index (κ3) is 4.41. The van der Waals surface area contributed by atoms with Crippen LogP contribution in [0.2, 0.25) is 5.02 Å². The van der Waals surface area contributed by atoms with E-state index in [-0.39, 0.29) is 12.1 Å². The minimum absolute atomic E-state index is 0.0567. The van der Waals surface area contributed by atoms with Crippen LogP contribution in [-0.4, -0.2) is 44.2 Å². The number of nitrogens with zero attached hydrogens (tertiary/aromatic N) is 2. The summed E-state index contributed by atoms with van der Waals surface area (Å²) in [5, 5.41) is 3.80. The number of halogens is 1. The second-order valence-electron chi connectivity index (χ2n) is 6.54. The van der Waals surface area contributed by atoms with Crippen molar-refractivity contribution in [3.05, 3.63) is 59.1 Å². The maximum atomic E-state index is 12.5. The summed E-state index contributed by atoms with van der Waals surface area (Å²) in [6.07, 6.45) is 0.889. The van der Waals surface area contributed by atoms with Crippen LogP contribution in [0.1, 0.15) is 12.0 Å². The average Bonchev–Trinajstić information content (AvgIpc) is 3.10. The fourth-order valence-electron chi connectivity index (χ4n) is 3.22. The van der Waals surface area contributed by atoms with E-state index in [1.165, 1.54) is 0 Å². The van der Waals surface area contributed by atoms with E-state index in [0.717, 1.165) is 36.5 Å². The lowest BCUT2D eigenvalue weighted by atomic mass is 10.2. The number of nitrogens with one attached hydrogen (secondary N) is 1. The highest BCUT2D eigenvalue weighted by atomic mass is 35.5. The van der Waals surface area contributed by atoms with Crippen molar-refractivity contribution in [2.24, 2.45) is 0 Å². The topological polar surface area (TPSA) is 44.8 Å². The number of hydrogen-bond acceptors (Lipinski definition) is 3. The average molecular weight is 374 g/mol. The van der Waals surface area contributed by atoms with Gasteiger partial charge < -0.3 is 19.9 Å². The molecule has 1 heterocycles. The van der Waals surface area contributed by atoms with Crippen LogP contribution in [0.3, 0.4) is 0 Å². The van der Waals surface area contributed by atoms with E-state index >= 15 is 0 Å². The van der Waals surface area contributed by atoms with Gasteiger partial charge in [-0.15, -0.1) is 0 Å². The van der Waals surface area contributed by atoms with Gasteiger partial charge >= 0.3 is 6.03 Å². The molecular weight excluding hydrogens is 350 g/mol. The third-order valence-electron chi connectivity index (χ3n) is 4.61. The van der Waals surface area contributed by atoms with Crippen molar-refractivity contribution < 1.29 is 9.53 Å². The number of benzene rings is 2. The molecule has 1 fully saturated rings. The van der Waals surface area contributed by atoms with E-state index in [1.54, 1.807) is 12.0 Å². The van der Waals surface area contributed by atoms with Gasteiger partial charge in [-0.25, -0.2) is 4.79 Å². The van der Waals surface area contributed by atoms with E-state index < -0.39 is 0 Å². The largest absolute Gasteiger partial charge is 0.495 e. The number of carbonyl (C=O) groups excluding carboxylic acids is 1. The summed E-state index contributed by atoms with van der Waals surface area (Å²) in [4.78, 5) is 16.4. The zero-order valence-corrected chi connectivity index (χ0v) is 15.9. The Labute approximate surface area is 159 Å². The molecule has 2 aromatic carbocycles. The monoisotopic (exact) mass is 373 g/mol. The summed E-state index contributed by atoms with van der Waals surface area (Å²) in [6.45, 7) is 2.18. The van der Waals surface area contributed by atoms with Crippen LogP contribution in [0.5, 0.6) is 5.75 Å². The molecule has 138 valence electrons. The van der Waals surface area contributed by atoms with E-state index in [9.17, 15) is 4.79 Å². The smallest absolute Gasteiger partial charge is 0.317 e. The summed E-state index contributed by atoms with van der Waals surface area (Å²) in [6, 6.07) is 15.6. The quantitative estimate of drug-likeness (QED) is 0.867. The SMILES string of the molecule is COc1ccc(Cl)cc1N1CCC(NC(=O)N(C)Cc2ccccc2)C1. The molecule has 0 bridgehead atoms. The zero-order chi connectivity index (χ0) is 18.5. The zero-order valence-electron chi connectivity index (χ0n) is 15.1. The Balaban J connectivity index is 1.57. The molecular formula is C20H24ClN3O2. The predicted octanol–water partition coefficient (Wildman–Crippen LogP) is 3.77. The highest BCUT2D eigenvalue weighted by molar-refractivity contribution is 6.30. The van der Waals surface area contributed by atoms with Crippen LogP contribution in [0.25, 0.3) is 0 Å². The Bertz CT molecular complexity index is 754. The number of ether oxygens (including phenoxy) is 1. The summed E-state index contributed by atoms with van der Waals surface area (Å²) >= 11 is 6.13. The number of rotatable bonds is 5. The number of amides is 2. The number of methoxy groups -OCH3 is 1. The molecule has 1 N–H and O–H groups in total. The Morgan fingerprint density at radius 3 is 2.81 bits per heavy atom. The molecule has 1 saturated heterocycles. The van der Waals surface area contributed by atoms with Gasteiger partial charge in [-0.3, -0.25) is 0 Å². The molecule has 0 aliphatic carbocycles. The molecule has 1 aliphatic rings. The predicted molar refractivity (Wildman–Crippen MR) is 105 cm³/mol. The normalized spacial score (nSPS) is 16.4. The Kier molecular flexibility index (Phi) is 5.89. The number of hydrogen-bond donors (Lipinski definition) is 1. The maximum absolute atomic E-state index is 12.5. The van der Waals surface area contributed by atoms with Gasteiger partial charge in [0.25, 0.3) is 0 Å². The molecule has 2 aromatic rings. The van der Waals surface area contributed by atoms with Gasteiger partial charge in [0.05, 0.1) is 12.8 Å². The second kappa shape index (κ2) is 8.32. The van der Waals surface area contributed by atoms with Gasteiger partial charge in [0.2, 0.25) is 0 Å². The van der Waals surface area contributed by atoms with Gasteiger partial charge in [0.15, 0.2) is 0 Å². The highest BCUT2D eigenvalue weighted by Gasteiger charge is 2.27. The number of urea groups is 1. The molecule has 5 nitrogen and oxygen atoms in total. The van der Waals surface area contributed by atoms with Crippen LogP contribution >= 0.6 is 11.6 Å². The first-order valence-corrected chi connectivity index (χ1v) is 9.08. The fourth-order valence-corrected chi connectivity index (χ4v) is 3.39. The van der Waals surface area contributed by atoms with E-state index in [1.807, 2.05) is 55.6 Å². The van der Waals surface area contributed by atoms with Crippen LogP contribution in [0.4, 0.5) is 10.5 Å². The second-order valence-corrected chi connectivity index (χ2v) is 6.98.